The van der Waals surface area contributed by atoms with Gasteiger partial charge in [-0.2, -0.15) is 0 Å². The number of hydrogen-bond donors (Lipinski definition) is 2. The van der Waals surface area contributed by atoms with Crippen LogP contribution in [0.1, 0.15) is 75.0 Å². The third-order valence-electron chi connectivity index (χ3n) is 6.51. The van der Waals surface area contributed by atoms with Gasteiger partial charge in [-0.05, 0) is 67.0 Å². The van der Waals surface area contributed by atoms with Gasteiger partial charge in [0.2, 0.25) is 5.91 Å². The van der Waals surface area contributed by atoms with Crippen molar-refractivity contribution in [2.45, 2.75) is 64.7 Å². The molecule has 0 spiro atoms. The zero-order valence-corrected chi connectivity index (χ0v) is 21.5. The van der Waals surface area contributed by atoms with Gasteiger partial charge < -0.3 is 15.5 Å². The maximum absolute atomic E-state index is 12.7. The molecule has 34 heavy (non-hydrogen) atoms. The zero-order chi connectivity index (χ0) is 24.9. The third-order valence-corrected chi connectivity index (χ3v) is 6.51. The van der Waals surface area contributed by atoms with E-state index in [1.165, 1.54) is 49.8 Å². The van der Waals surface area contributed by atoms with Gasteiger partial charge in [-0.25, -0.2) is 0 Å². The summed E-state index contributed by atoms with van der Waals surface area (Å²) in [5.74, 6) is 0.453. The summed E-state index contributed by atoms with van der Waals surface area (Å²) in [5.41, 5.74) is 6.15. The molecule has 4 nitrogen and oxygen atoms in total. The lowest BCUT2D eigenvalue weighted by Gasteiger charge is -2.28. The van der Waals surface area contributed by atoms with Gasteiger partial charge in [0.1, 0.15) is 0 Å². The molecular formula is C30H43N3O. The second-order valence-electron chi connectivity index (χ2n) is 9.02. The number of hydrogen-bond acceptors (Lipinski definition) is 3. The van der Waals surface area contributed by atoms with E-state index in [9.17, 15) is 4.79 Å². The maximum atomic E-state index is 12.7. The quantitative estimate of drug-likeness (QED) is 0.369. The van der Waals surface area contributed by atoms with Crippen LogP contribution in [0.4, 0.5) is 11.4 Å². The summed E-state index contributed by atoms with van der Waals surface area (Å²) in [7, 11) is 1.90. The minimum Gasteiger partial charge on any atom is -0.388 e. The van der Waals surface area contributed by atoms with Gasteiger partial charge in [0, 0.05) is 42.8 Å². The normalized spacial score (nSPS) is 13.9. The van der Waals surface area contributed by atoms with Crippen molar-refractivity contribution >= 4 is 23.0 Å². The van der Waals surface area contributed by atoms with Gasteiger partial charge in [-0.3, -0.25) is 4.79 Å². The molecule has 1 atom stereocenters. The second-order valence-corrected chi connectivity index (χ2v) is 9.02. The van der Waals surface area contributed by atoms with Crippen molar-refractivity contribution in [3.63, 3.8) is 0 Å². The van der Waals surface area contributed by atoms with Gasteiger partial charge in [0.25, 0.3) is 0 Å². The molecule has 1 aliphatic heterocycles. The number of benzene rings is 2. The molecule has 2 N–H and O–H groups in total. The number of amides is 1. The van der Waals surface area contributed by atoms with E-state index in [2.05, 4.69) is 91.6 Å². The molecule has 1 unspecified atom stereocenters. The Labute approximate surface area is 207 Å². The SMILES string of the molecule is C=C.C=C(NC(=O)Cc1ccc(N2CCCCC2)cc1)c1cc(C(C)CCCC)ccc1NC. The van der Waals surface area contributed by atoms with E-state index in [0.29, 0.717) is 18.0 Å². The van der Waals surface area contributed by atoms with Gasteiger partial charge >= 0.3 is 0 Å². The molecule has 0 radical (unpaired) electrons. The van der Waals surface area contributed by atoms with Crippen LogP contribution in [0, 0.1) is 0 Å². The van der Waals surface area contributed by atoms with Gasteiger partial charge in [0.05, 0.1) is 6.42 Å². The van der Waals surface area contributed by atoms with E-state index in [4.69, 9.17) is 0 Å². The first-order valence-corrected chi connectivity index (χ1v) is 12.7. The van der Waals surface area contributed by atoms with E-state index in [-0.39, 0.29) is 5.91 Å². The van der Waals surface area contributed by atoms with Crippen LogP contribution < -0.4 is 15.5 Å². The molecule has 1 heterocycles. The summed E-state index contributed by atoms with van der Waals surface area (Å²) in [6.45, 7) is 16.9. The molecule has 0 aromatic heterocycles. The first kappa shape index (κ1) is 27.2. The number of anilines is 2. The average molecular weight is 462 g/mol. The molecule has 0 bridgehead atoms. The minimum absolute atomic E-state index is 0.0350. The van der Waals surface area contributed by atoms with Crippen molar-refractivity contribution in [3.05, 3.63) is 78.9 Å². The number of piperidine rings is 1. The molecule has 1 fully saturated rings. The van der Waals surface area contributed by atoms with Crippen molar-refractivity contribution in [3.8, 4) is 0 Å². The van der Waals surface area contributed by atoms with Crippen molar-refractivity contribution < 1.29 is 4.79 Å². The minimum atomic E-state index is -0.0350. The summed E-state index contributed by atoms with van der Waals surface area (Å²) < 4.78 is 0. The van der Waals surface area contributed by atoms with Crippen LogP contribution in [-0.4, -0.2) is 26.0 Å². The Morgan fingerprint density at radius 3 is 2.35 bits per heavy atom. The molecule has 2 aromatic rings. The van der Waals surface area contributed by atoms with Crippen LogP contribution in [0.15, 0.2) is 62.2 Å². The van der Waals surface area contributed by atoms with Gasteiger partial charge in [-0.1, -0.05) is 51.5 Å². The molecular weight excluding hydrogens is 418 g/mol. The number of unbranched alkanes of at least 4 members (excludes halogenated alkanes) is 1. The van der Waals surface area contributed by atoms with Crippen LogP contribution in [0.25, 0.3) is 5.70 Å². The predicted molar refractivity (Wildman–Crippen MR) is 149 cm³/mol. The van der Waals surface area contributed by atoms with E-state index < -0.39 is 0 Å². The molecule has 3 rings (SSSR count). The molecule has 2 aromatic carbocycles. The van der Waals surface area contributed by atoms with Crippen molar-refractivity contribution in [1.82, 2.24) is 5.32 Å². The number of nitrogens with zero attached hydrogens (tertiary/aromatic N) is 1. The molecule has 0 saturated carbocycles. The van der Waals surface area contributed by atoms with Crippen LogP contribution in [0.5, 0.6) is 0 Å². The highest BCUT2D eigenvalue weighted by atomic mass is 16.1. The van der Waals surface area contributed by atoms with Crippen LogP contribution in [-0.2, 0) is 11.2 Å². The third kappa shape index (κ3) is 7.79. The molecule has 1 saturated heterocycles. The number of rotatable bonds is 10. The fourth-order valence-corrected chi connectivity index (χ4v) is 4.45. The summed E-state index contributed by atoms with van der Waals surface area (Å²) in [6, 6.07) is 14.9. The Kier molecular flexibility index (Phi) is 11.5. The zero-order valence-electron chi connectivity index (χ0n) is 21.5. The van der Waals surface area contributed by atoms with Gasteiger partial charge in [0.15, 0.2) is 0 Å². The lowest BCUT2D eigenvalue weighted by atomic mass is 9.93. The average Bonchev–Trinajstić information content (AvgIpc) is 2.88. The largest absolute Gasteiger partial charge is 0.388 e. The fourth-order valence-electron chi connectivity index (χ4n) is 4.45. The summed E-state index contributed by atoms with van der Waals surface area (Å²) >= 11 is 0. The van der Waals surface area contributed by atoms with Crippen LogP contribution in [0.3, 0.4) is 0 Å². The van der Waals surface area contributed by atoms with E-state index in [1.807, 2.05) is 7.05 Å². The first-order chi connectivity index (χ1) is 16.5. The monoisotopic (exact) mass is 461 g/mol. The molecule has 4 heteroatoms. The van der Waals surface area contributed by atoms with Crippen LogP contribution in [0.2, 0.25) is 0 Å². The highest BCUT2D eigenvalue weighted by Gasteiger charge is 2.14. The lowest BCUT2D eigenvalue weighted by molar-refractivity contribution is -0.119. The topological polar surface area (TPSA) is 44.4 Å². The standard InChI is InChI=1S/C28H39N3O.C2H4/c1-5-6-10-21(2)24-13-16-27(29-4)26(20-24)22(3)30-28(32)19-23-11-14-25(15-12-23)31-17-8-7-9-18-31;1-2/h11-16,20-21,29H,3,5-10,17-19H2,1-2,4H3,(H,30,32);1-2H2. The summed E-state index contributed by atoms with van der Waals surface area (Å²) in [4.78, 5) is 15.2. The van der Waals surface area contributed by atoms with Crippen molar-refractivity contribution in [2.24, 2.45) is 0 Å². The lowest BCUT2D eigenvalue weighted by Crippen LogP contribution is -2.29. The molecule has 1 aliphatic rings. The smallest absolute Gasteiger partial charge is 0.228 e. The first-order valence-electron chi connectivity index (χ1n) is 12.7. The Hall–Kier alpha value is -3.01. The predicted octanol–water partition coefficient (Wildman–Crippen LogP) is 7.14. The molecule has 184 valence electrons. The highest BCUT2D eigenvalue weighted by molar-refractivity contribution is 5.90. The maximum Gasteiger partial charge on any atom is 0.228 e. The van der Waals surface area contributed by atoms with Crippen LogP contribution >= 0.6 is 0 Å². The summed E-state index contributed by atoms with van der Waals surface area (Å²) in [6.07, 6.45) is 7.79. The number of carbonyl (C=O) groups is 1. The van der Waals surface area contributed by atoms with Crippen molar-refractivity contribution in [2.75, 3.05) is 30.4 Å². The van der Waals surface area contributed by atoms with E-state index >= 15 is 0 Å². The Bertz CT molecular complexity index is 913. The second kappa shape index (κ2) is 14.3. The number of nitrogens with one attached hydrogen (secondary N) is 2. The highest BCUT2D eigenvalue weighted by Crippen LogP contribution is 2.29. The Balaban J connectivity index is 0.00000199. The fraction of sp³-hybridized carbons (Fsp3) is 0.433. The Morgan fingerprint density at radius 1 is 1.06 bits per heavy atom. The Morgan fingerprint density at radius 2 is 1.74 bits per heavy atom. The van der Waals surface area contributed by atoms with Gasteiger partial charge in [-0.15, -0.1) is 13.2 Å². The number of carbonyl (C=O) groups excluding carboxylic acids is 1. The molecule has 0 aliphatic carbocycles. The summed E-state index contributed by atoms with van der Waals surface area (Å²) in [5, 5.41) is 6.25. The molecule has 1 amide bonds. The van der Waals surface area contributed by atoms with E-state index in [0.717, 1.165) is 29.9 Å². The van der Waals surface area contributed by atoms with E-state index in [1.54, 1.807) is 0 Å². The van der Waals surface area contributed by atoms with Crippen molar-refractivity contribution in [1.29, 1.82) is 0 Å².